The van der Waals surface area contributed by atoms with Crippen molar-refractivity contribution in [1.82, 2.24) is 10.6 Å². The van der Waals surface area contributed by atoms with Crippen LogP contribution in [-0.2, 0) is 9.59 Å². The Morgan fingerprint density at radius 1 is 1.35 bits per heavy atom. The van der Waals surface area contributed by atoms with Gasteiger partial charge in [-0.1, -0.05) is 18.2 Å². The molecule has 0 aromatic heterocycles. The standard InChI is InChI=1S/C12H12N2O3/c1-7-4-2-3-5-8(7)11(16)13-9-6-10(15)14-12(9)17/h2-5,9H,6H2,1H3,(H,13,16)(H,14,15,17). The van der Waals surface area contributed by atoms with Gasteiger partial charge < -0.3 is 5.32 Å². The Hall–Kier alpha value is -2.17. The van der Waals surface area contributed by atoms with Crippen molar-refractivity contribution in [2.45, 2.75) is 19.4 Å². The second kappa shape index (κ2) is 4.37. The summed E-state index contributed by atoms with van der Waals surface area (Å²) in [5.41, 5.74) is 1.34. The highest BCUT2D eigenvalue weighted by atomic mass is 16.2. The van der Waals surface area contributed by atoms with Crippen LogP contribution in [0.3, 0.4) is 0 Å². The van der Waals surface area contributed by atoms with Gasteiger partial charge in [0.2, 0.25) is 11.8 Å². The molecule has 0 spiro atoms. The molecule has 0 bridgehead atoms. The third-order valence-corrected chi connectivity index (χ3v) is 2.66. The molecule has 17 heavy (non-hydrogen) atoms. The normalized spacial score (nSPS) is 19.0. The molecule has 5 nitrogen and oxygen atoms in total. The summed E-state index contributed by atoms with van der Waals surface area (Å²) in [6, 6.07) is 6.32. The Balaban J connectivity index is 2.10. The van der Waals surface area contributed by atoms with E-state index in [0.29, 0.717) is 5.56 Å². The van der Waals surface area contributed by atoms with Gasteiger partial charge in [-0.2, -0.15) is 0 Å². The Labute approximate surface area is 98.2 Å². The molecule has 1 aromatic rings. The van der Waals surface area contributed by atoms with E-state index in [1.807, 2.05) is 19.1 Å². The van der Waals surface area contributed by atoms with Crippen LogP contribution in [0.2, 0.25) is 0 Å². The molecule has 0 aliphatic carbocycles. The van der Waals surface area contributed by atoms with Crippen molar-refractivity contribution < 1.29 is 14.4 Å². The Morgan fingerprint density at radius 3 is 2.65 bits per heavy atom. The number of hydrogen-bond donors (Lipinski definition) is 2. The number of amides is 3. The second-order valence-corrected chi connectivity index (χ2v) is 3.96. The van der Waals surface area contributed by atoms with Crippen molar-refractivity contribution in [1.29, 1.82) is 0 Å². The molecule has 1 atom stereocenters. The lowest BCUT2D eigenvalue weighted by molar-refractivity contribution is -0.125. The molecular weight excluding hydrogens is 220 g/mol. The monoisotopic (exact) mass is 232 g/mol. The van der Waals surface area contributed by atoms with Crippen molar-refractivity contribution in [3.05, 3.63) is 35.4 Å². The van der Waals surface area contributed by atoms with Gasteiger partial charge in [-0.25, -0.2) is 0 Å². The Bertz CT molecular complexity index is 496. The highest BCUT2D eigenvalue weighted by Crippen LogP contribution is 2.08. The van der Waals surface area contributed by atoms with Crippen LogP contribution in [0.4, 0.5) is 0 Å². The van der Waals surface area contributed by atoms with Gasteiger partial charge in [0.15, 0.2) is 0 Å². The predicted molar refractivity (Wildman–Crippen MR) is 60.2 cm³/mol. The number of benzene rings is 1. The summed E-state index contributed by atoms with van der Waals surface area (Å²) in [4.78, 5) is 34.1. The van der Waals surface area contributed by atoms with Crippen LogP contribution in [0.25, 0.3) is 0 Å². The maximum atomic E-state index is 11.9. The molecule has 88 valence electrons. The third kappa shape index (κ3) is 2.33. The van der Waals surface area contributed by atoms with E-state index in [2.05, 4.69) is 10.6 Å². The van der Waals surface area contributed by atoms with Gasteiger partial charge in [-0.15, -0.1) is 0 Å². The highest BCUT2D eigenvalue weighted by Gasteiger charge is 2.31. The molecule has 0 radical (unpaired) electrons. The minimum Gasteiger partial charge on any atom is -0.340 e. The first-order valence-corrected chi connectivity index (χ1v) is 5.28. The SMILES string of the molecule is Cc1ccccc1C(=O)NC1CC(=O)NC1=O. The zero-order valence-corrected chi connectivity index (χ0v) is 9.32. The lowest BCUT2D eigenvalue weighted by atomic mass is 10.1. The molecule has 1 aliphatic rings. The van der Waals surface area contributed by atoms with Crippen LogP contribution in [0.5, 0.6) is 0 Å². The van der Waals surface area contributed by atoms with Gasteiger partial charge in [0.25, 0.3) is 5.91 Å². The smallest absolute Gasteiger partial charge is 0.252 e. The fourth-order valence-corrected chi connectivity index (χ4v) is 1.73. The van der Waals surface area contributed by atoms with E-state index in [1.165, 1.54) is 0 Å². The van der Waals surface area contributed by atoms with Crippen molar-refractivity contribution in [2.24, 2.45) is 0 Å². The molecule has 1 unspecified atom stereocenters. The zero-order chi connectivity index (χ0) is 12.4. The van der Waals surface area contributed by atoms with Gasteiger partial charge >= 0.3 is 0 Å². The summed E-state index contributed by atoms with van der Waals surface area (Å²) in [6.45, 7) is 1.81. The number of carbonyl (C=O) groups is 3. The average molecular weight is 232 g/mol. The molecule has 2 N–H and O–H groups in total. The van der Waals surface area contributed by atoms with Crippen LogP contribution in [-0.4, -0.2) is 23.8 Å². The Morgan fingerprint density at radius 2 is 2.06 bits per heavy atom. The molecular formula is C12H12N2O3. The summed E-state index contributed by atoms with van der Waals surface area (Å²) in [5, 5.41) is 4.69. The van der Waals surface area contributed by atoms with Crippen molar-refractivity contribution in [2.75, 3.05) is 0 Å². The first-order valence-electron chi connectivity index (χ1n) is 5.28. The fraction of sp³-hybridized carbons (Fsp3) is 0.250. The molecule has 2 rings (SSSR count). The number of hydrogen-bond acceptors (Lipinski definition) is 3. The number of aryl methyl sites for hydroxylation is 1. The van der Waals surface area contributed by atoms with Gasteiger partial charge in [0.1, 0.15) is 6.04 Å². The fourth-order valence-electron chi connectivity index (χ4n) is 1.73. The number of carbonyl (C=O) groups excluding carboxylic acids is 3. The minimum absolute atomic E-state index is 0.0104. The van der Waals surface area contributed by atoms with Crippen molar-refractivity contribution >= 4 is 17.7 Å². The lowest BCUT2D eigenvalue weighted by Gasteiger charge is -2.10. The van der Waals surface area contributed by atoms with Crippen LogP contribution < -0.4 is 10.6 Å². The number of imide groups is 1. The summed E-state index contributed by atoms with van der Waals surface area (Å²) in [6.07, 6.45) is 0.0104. The van der Waals surface area contributed by atoms with E-state index in [-0.39, 0.29) is 18.2 Å². The van der Waals surface area contributed by atoms with Crippen molar-refractivity contribution in [3.8, 4) is 0 Å². The summed E-state index contributed by atoms with van der Waals surface area (Å²) in [5.74, 6) is -1.14. The van der Waals surface area contributed by atoms with Gasteiger partial charge in [-0.05, 0) is 18.6 Å². The summed E-state index contributed by atoms with van der Waals surface area (Å²) >= 11 is 0. The molecule has 1 fully saturated rings. The highest BCUT2D eigenvalue weighted by molar-refractivity contribution is 6.08. The predicted octanol–water partition coefficient (Wildman–Crippen LogP) is 0.140. The minimum atomic E-state index is -0.755. The van der Waals surface area contributed by atoms with E-state index in [0.717, 1.165) is 5.56 Å². The second-order valence-electron chi connectivity index (χ2n) is 3.96. The van der Waals surface area contributed by atoms with Crippen LogP contribution in [0, 0.1) is 6.92 Å². The van der Waals surface area contributed by atoms with Crippen LogP contribution in [0.15, 0.2) is 24.3 Å². The van der Waals surface area contributed by atoms with Gasteiger partial charge in [0, 0.05) is 5.56 Å². The lowest BCUT2D eigenvalue weighted by Crippen LogP contribution is -2.40. The van der Waals surface area contributed by atoms with E-state index in [1.54, 1.807) is 12.1 Å². The largest absolute Gasteiger partial charge is 0.340 e. The maximum Gasteiger partial charge on any atom is 0.252 e. The molecule has 3 amide bonds. The molecule has 1 heterocycles. The number of rotatable bonds is 2. The van der Waals surface area contributed by atoms with E-state index in [4.69, 9.17) is 0 Å². The number of nitrogens with one attached hydrogen (secondary N) is 2. The van der Waals surface area contributed by atoms with E-state index in [9.17, 15) is 14.4 Å². The van der Waals surface area contributed by atoms with Gasteiger partial charge in [0.05, 0.1) is 6.42 Å². The Kier molecular flexibility index (Phi) is 2.91. The van der Waals surface area contributed by atoms with Crippen LogP contribution >= 0.6 is 0 Å². The molecule has 0 saturated carbocycles. The zero-order valence-electron chi connectivity index (χ0n) is 9.32. The first kappa shape index (κ1) is 11.3. The average Bonchev–Trinajstić information content (AvgIpc) is 2.58. The summed E-state index contributed by atoms with van der Waals surface area (Å²) in [7, 11) is 0. The van der Waals surface area contributed by atoms with Crippen LogP contribution in [0.1, 0.15) is 22.3 Å². The topological polar surface area (TPSA) is 75.3 Å². The molecule has 1 saturated heterocycles. The third-order valence-electron chi connectivity index (χ3n) is 2.66. The molecule has 1 aliphatic heterocycles. The van der Waals surface area contributed by atoms with Gasteiger partial charge in [-0.3, -0.25) is 19.7 Å². The first-order chi connectivity index (χ1) is 8.08. The quantitative estimate of drug-likeness (QED) is 0.712. The maximum absolute atomic E-state index is 11.9. The van der Waals surface area contributed by atoms with E-state index < -0.39 is 11.9 Å². The molecule has 1 aromatic carbocycles. The molecule has 5 heteroatoms. The summed E-state index contributed by atoms with van der Waals surface area (Å²) < 4.78 is 0. The van der Waals surface area contributed by atoms with E-state index >= 15 is 0 Å². The van der Waals surface area contributed by atoms with Crippen molar-refractivity contribution in [3.63, 3.8) is 0 Å².